The van der Waals surface area contributed by atoms with Gasteiger partial charge in [-0.05, 0) is 55.9 Å². The largest absolute Gasteiger partial charge is 0.497 e. The van der Waals surface area contributed by atoms with Gasteiger partial charge in [-0.2, -0.15) is 0 Å². The fourth-order valence-electron chi connectivity index (χ4n) is 4.71. The standard InChI is InChI=1S/C25H33N5O4S/c1-34-20-10-8-19(9-11-20)27-22(32)23-28-29-24(35-23)25(33)30-14-12-17(13-15-30)16-21(31)26-18-6-4-2-3-5-7-18/h8-11,17-18H,2-7,12-16H2,1H3,(H,26,31)(H,27,32). The van der Waals surface area contributed by atoms with Gasteiger partial charge in [-0.25, -0.2) is 0 Å². The molecule has 1 saturated carbocycles. The number of nitrogens with one attached hydrogen (secondary N) is 2. The number of hydrogen-bond acceptors (Lipinski definition) is 7. The highest BCUT2D eigenvalue weighted by molar-refractivity contribution is 7.15. The Morgan fingerprint density at radius 3 is 2.29 bits per heavy atom. The van der Waals surface area contributed by atoms with Crippen LogP contribution in [-0.2, 0) is 4.79 Å². The Morgan fingerprint density at radius 1 is 0.971 bits per heavy atom. The molecule has 1 saturated heterocycles. The lowest BCUT2D eigenvalue weighted by atomic mass is 9.93. The number of carbonyl (C=O) groups is 3. The van der Waals surface area contributed by atoms with Crippen molar-refractivity contribution in [2.75, 3.05) is 25.5 Å². The fraction of sp³-hybridized carbons (Fsp3) is 0.560. The second kappa shape index (κ2) is 12.1. The van der Waals surface area contributed by atoms with Gasteiger partial charge in [0.1, 0.15) is 5.75 Å². The lowest BCUT2D eigenvalue weighted by Gasteiger charge is -2.31. The minimum absolute atomic E-state index is 0.134. The molecule has 0 radical (unpaired) electrons. The van der Waals surface area contributed by atoms with Gasteiger partial charge in [-0.1, -0.05) is 37.0 Å². The van der Waals surface area contributed by atoms with Gasteiger partial charge in [0.2, 0.25) is 15.9 Å². The number of carbonyl (C=O) groups excluding carboxylic acids is 3. The summed E-state index contributed by atoms with van der Waals surface area (Å²) in [5.41, 5.74) is 0.601. The molecule has 2 fully saturated rings. The first-order chi connectivity index (χ1) is 17.0. The van der Waals surface area contributed by atoms with E-state index in [0.29, 0.717) is 37.0 Å². The zero-order valence-electron chi connectivity index (χ0n) is 20.1. The van der Waals surface area contributed by atoms with E-state index in [4.69, 9.17) is 4.74 Å². The fourth-order valence-corrected chi connectivity index (χ4v) is 5.41. The van der Waals surface area contributed by atoms with E-state index < -0.39 is 5.91 Å². The van der Waals surface area contributed by atoms with Crippen LogP contribution >= 0.6 is 11.3 Å². The average Bonchev–Trinajstić information content (AvgIpc) is 3.23. The summed E-state index contributed by atoms with van der Waals surface area (Å²) in [5, 5.41) is 14.2. The third-order valence-corrected chi connectivity index (χ3v) is 7.66. The van der Waals surface area contributed by atoms with Gasteiger partial charge < -0.3 is 20.3 Å². The third-order valence-electron chi connectivity index (χ3n) is 6.75. The molecule has 1 aliphatic heterocycles. The molecule has 35 heavy (non-hydrogen) atoms. The molecule has 0 atom stereocenters. The van der Waals surface area contributed by atoms with Crippen LogP contribution in [0.5, 0.6) is 5.75 Å². The SMILES string of the molecule is COc1ccc(NC(=O)c2nnc(C(=O)N3CCC(CC(=O)NC4CCCCCC4)CC3)s2)cc1. The monoisotopic (exact) mass is 499 g/mol. The molecule has 2 N–H and O–H groups in total. The normalized spacial score (nSPS) is 17.5. The van der Waals surface area contributed by atoms with E-state index in [1.807, 2.05) is 0 Å². The Labute approximate surface area is 209 Å². The number of hydrogen-bond donors (Lipinski definition) is 2. The highest BCUT2D eigenvalue weighted by Gasteiger charge is 2.28. The number of likely N-dealkylation sites (tertiary alicyclic amines) is 1. The van der Waals surface area contributed by atoms with Crippen LogP contribution in [0.25, 0.3) is 0 Å². The van der Waals surface area contributed by atoms with E-state index in [2.05, 4.69) is 20.8 Å². The van der Waals surface area contributed by atoms with Crippen molar-refractivity contribution in [1.29, 1.82) is 0 Å². The Balaban J connectivity index is 1.23. The maximum Gasteiger partial charge on any atom is 0.286 e. The molecule has 0 unspecified atom stereocenters. The lowest BCUT2D eigenvalue weighted by molar-refractivity contribution is -0.123. The Bertz CT molecular complexity index is 1010. The number of aromatic nitrogens is 2. The Morgan fingerprint density at radius 2 is 1.63 bits per heavy atom. The Hall–Kier alpha value is -3.01. The molecule has 1 aromatic carbocycles. The zero-order valence-corrected chi connectivity index (χ0v) is 20.9. The van der Waals surface area contributed by atoms with Gasteiger partial charge in [0.05, 0.1) is 7.11 Å². The first kappa shape index (κ1) is 25.1. The van der Waals surface area contributed by atoms with Crippen LogP contribution in [-0.4, -0.2) is 59.1 Å². The smallest absolute Gasteiger partial charge is 0.286 e. The Kier molecular flexibility index (Phi) is 8.68. The molecular weight excluding hydrogens is 466 g/mol. The second-order valence-corrected chi connectivity index (χ2v) is 10.3. The molecular formula is C25H33N5O4S. The average molecular weight is 500 g/mol. The summed E-state index contributed by atoms with van der Waals surface area (Å²) in [6.07, 6.45) is 9.18. The maximum atomic E-state index is 12.9. The summed E-state index contributed by atoms with van der Waals surface area (Å²) in [4.78, 5) is 39.6. The van der Waals surface area contributed by atoms with Crippen molar-refractivity contribution in [3.63, 3.8) is 0 Å². The number of amides is 3. The minimum Gasteiger partial charge on any atom is -0.497 e. The van der Waals surface area contributed by atoms with Crippen molar-refractivity contribution < 1.29 is 19.1 Å². The summed E-state index contributed by atoms with van der Waals surface area (Å²) < 4.78 is 5.11. The predicted octanol–water partition coefficient (Wildman–Crippen LogP) is 3.88. The van der Waals surface area contributed by atoms with Crippen LogP contribution < -0.4 is 15.4 Å². The molecule has 1 aromatic heterocycles. The van der Waals surface area contributed by atoms with Crippen LogP contribution in [0.2, 0.25) is 0 Å². The summed E-state index contributed by atoms with van der Waals surface area (Å²) in [6.45, 7) is 1.15. The van der Waals surface area contributed by atoms with Crippen molar-refractivity contribution in [2.24, 2.45) is 5.92 Å². The lowest BCUT2D eigenvalue weighted by Crippen LogP contribution is -2.41. The quantitative estimate of drug-likeness (QED) is 0.559. The van der Waals surface area contributed by atoms with Gasteiger partial charge in [-0.3, -0.25) is 14.4 Å². The van der Waals surface area contributed by atoms with Crippen LogP contribution in [0.1, 0.15) is 77.4 Å². The summed E-state index contributed by atoms with van der Waals surface area (Å²) in [6, 6.07) is 7.26. The number of rotatable bonds is 7. The second-order valence-electron chi connectivity index (χ2n) is 9.29. The number of methoxy groups -OCH3 is 1. The van der Waals surface area contributed by atoms with Crippen molar-refractivity contribution in [3.05, 3.63) is 34.3 Å². The molecule has 2 aliphatic rings. The first-order valence-electron chi connectivity index (χ1n) is 12.4. The molecule has 10 heteroatoms. The molecule has 188 valence electrons. The topological polar surface area (TPSA) is 114 Å². The minimum atomic E-state index is -0.412. The van der Waals surface area contributed by atoms with Crippen LogP contribution in [0.15, 0.2) is 24.3 Å². The van der Waals surface area contributed by atoms with Gasteiger partial charge in [0.25, 0.3) is 11.8 Å². The molecule has 2 heterocycles. The van der Waals surface area contributed by atoms with Crippen molar-refractivity contribution in [2.45, 2.75) is 63.8 Å². The van der Waals surface area contributed by atoms with E-state index in [1.54, 1.807) is 36.3 Å². The molecule has 4 rings (SSSR count). The molecule has 0 bridgehead atoms. The maximum absolute atomic E-state index is 12.9. The van der Waals surface area contributed by atoms with E-state index >= 15 is 0 Å². The van der Waals surface area contributed by atoms with Gasteiger partial charge in [-0.15, -0.1) is 10.2 Å². The van der Waals surface area contributed by atoms with Crippen LogP contribution in [0, 0.1) is 5.92 Å². The number of anilines is 1. The van der Waals surface area contributed by atoms with E-state index in [9.17, 15) is 14.4 Å². The highest BCUT2D eigenvalue weighted by Crippen LogP contribution is 2.24. The zero-order chi connectivity index (χ0) is 24.6. The first-order valence-corrected chi connectivity index (χ1v) is 13.2. The predicted molar refractivity (Wildman–Crippen MR) is 134 cm³/mol. The van der Waals surface area contributed by atoms with E-state index in [1.165, 1.54) is 25.7 Å². The number of piperidine rings is 1. The van der Waals surface area contributed by atoms with Gasteiger partial charge in [0, 0.05) is 31.2 Å². The molecule has 0 spiro atoms. The summed E-state index contributed by atoms with van der Waals surface area (Å²) >= 11 is 0.988. The summed E-state index contributed by atoms with van der Waals surface area (Å²) in [5.74, 6) is 0.483. The van der Waals surface area contributed by atoms with Gasteiger partial charge >= 0.3 is 0 Å². The number of benzene rings is 1. The molecule has 9 nitrogen and oxygen atoms in total. The van der Waals surface area contributed by atoms with E-state index in [-0.39, 0.29) is 27.7 Å². The summed E-state index contributed by atoms with van der Waals surface area (Å²) in [7, 11) is 1.58. The van der Waals surface area contributed by atoms with E-state index in [0.717, 1.165) is 37.0 Å². The van der Waals surface area contributed by atoms with Crippen LogP contribution in [0.3, 0.4) is 0 Å². The molecule has 3 amide bonds. The van der Waals surface area contributed by atoms with Crippen molar-refractivity contribution >= 4 is 34.7 Å². The van der Waals surface area contributed by atoms with Crippen molar-refractivity contribution in [1.82, 2.24) is 20.4 Å². The third kappa shape index (κ3) is 7.00. The van der Waals surface area contributed by atoms with Gasteiger partial charge in [0.15, 0.2) is 0 Å². The van der Waals surface area contributed by atoms with Crippen molar-refractivity contribution in [3.8, 4) is 5.75 Å². The molecule has 2 aromatic rings. The number of ether oxygens (including phenoxy) is 1. The molecule has 1 aliphatic carbocycles. The highest BCUT2D eigenvalue weighted by atomic mass is 32.1. The van der Waals surface area contributed by atoms with Crippen LogP contribution in [0.4, 0.5) is 5.69 Å². The number of nitrogens with zero attached hydrogens (tertiary/aromatic N) is 3.